The van der Waals surface area contributed by atoms with Crippen LogP contribution < -0.4 is 10.1 Å². The first-order valence-corrected chi connectivity index (χ1v) is 7.83. The lowest BCUT2D eigenvalue weighted by molar-refractivity contribution is -0.118. The number of benzene rings is 2. The summed E-state index contributed by atoms with van der Waals surface area (Å²) < 4.78 is 10.3. The van der Waals surface area contributed by atoms with Gasteiger partial charge in [-0.3, -0.25) is 4.79 Å². The van der Waals surface area contributed by atoms with Crippen LogP contribution in [0.5, 0.6) is 5.75 Å². The molecule has 0 aliphatic rings. The van der Waals surface area contributed by atoms with Gasteiger partial charge in [0.25, 0.3) is 5.91 Å². The Morgan fingerprint density at radius 1 is 1.12 bits per heavy atom. The number of hydrogen-bond acceptors (Lipinski definition) is 4. The van der Waals surface area contributed by atoms with E-state index in [1.807, 2.05) is 13.0 Å². The predicted molar refractivity (Wildman–Crippen MR) is 92.7 cm³/mol. The molecule has 2 aromatic rings. The van der Waals surface area contributed by atoms with Crippen LogP contribution in [0.2, 0.25) is 5.02 Å². The van der Waals surface area contributed by atoms with Gasteiger partial charge in [-0.05, 0) is 55.8 Å². The Kier molecular flexibility index (Phi) is 6.21. The third kappa shape index (κ3) is 4.99. The molecular weight excluding hydrogens is 330 g/mol. The Morgan fingerprint density at radius 3 is 2.50 bits per heavy atom. The number of esters is 1. The Bertz CT molecular complexity index is 728. The first-order valence-electron chi connectivity index (χ1n) is 7.45. The molecule has 24 heavy (non-hydrogen) atoms. The Labute approximate surface area is 145 Å². The van der Waals surface area contributed by atoms with E-state index in [1.165, 1.54) is 0 Å². The molecule has 6 heteroatoms. The van der Waals surface area contributed by atoms with Gasteiger partial charge in [0.2, 0.25) is 0 Å². The van der Waals surface area contributed by atoms with E-state index in [0.29, 0.717) is 28.6 Å². The molecule has 0 aromatic heterocycles. The minimum absolute atomic E-state index is 0.148. The Hall–Kier alpha value is -2.53. The van der Waals surface area contributed by atoms with Gasteiger partial charge in [-0.15, -0.1) is 0 Å². The quantitative estimate of drug-likeness (QED) is 0.806. The third-order valence-electron chi connectivity index (χ3n) is 3.21. The molecule has 2 aromatic carbocycles. The maximum Gasteiger partial charge on any atom is 0.338 e. The molecule has 1 amide bonds. The van der Waals surface area contributed by atoms with Crippen LogP contribution in [0.25, 0.3) is 0 Å². The van der Waals surface area contributed by atoms with E-state index in [-0.39, 0.29) is 12.5 Å². The van der Waals surface area contributed by atoms with E-state index in [4.69, 9.17) is 21.1 Å². The predicted octanol–water partition coefficient (Wildman–Crippen LogP) is 3.84. The van der Waals surface area contributed by atoms with Crippen molar-refractivity contribution in [2.24, 2.45) is 0 Å². The fraction of sp³-hybridized carbons (Fsp3) is 0.222. The highest BCUT2D eigenvalue weighted by Gasteiger charge is 2.08. The summed E-state index contributed by atoms with van der Waals surface area (Å²) >= 11 is 5.92. The van der Waals surface area contributed by atoms with Crippen molar-refractivity contribution in [1.29, 1.82) is 0 Å². The number of nitrogens with one attached hydrogen (secondary N) is 1. The molecule has 126 valence electrons. The average molecular weight is 348 g/mol. The van der Waals surface area contributed by atoms with Crippen LogP contribution >= 0.6 is 11.6 Å². The summed E-state index contributed by atoms with van der Waals surface area (Å²) in [6, 6.07) is 11.7. The molecule has 0 atom stereocenters. The van der Waals surface area contributed by atoms with Crippen LogP contribution in [0.15, 0.2) is 42.5 Å². The molecule has 0 fully saturated rings. The highest BCUT2D eigenvalue weighted by atomic mass is 35.5. The number of aryl methyl sites for hydroxylation is 1. The van der Waals surface area contributed by atoms with Crippen LogP contribution in [0.4, 0.5) is 5.69 Å². The van der Waals surface area contributed by atoms with Crippen molar-refractivity contribution in [2.45, 2.75) is 13.8 Å². The fourth-order valence-electron chi connectivity index (χ4n) is 1.97. The zero-order valence-corrected chi connectivity index (χ0v) is 14.2. The molecule has 0 aliphatic heterocycles. The summed E-state index contributed by atoms with van der Waals surface area (Å²) in [6.45, 7) is 3.79. The standard InChI is InChI=1S/C18H18ClNO4/c1-3-23-18(22)13-5-8-15(9-6-13)24-11-17(21)20-16-10-14(19)7-4-12(16)2/h4-10H,3,11H2,1-2H3,(H,20,21). The van der Waals surface area contributed by atoms with Crippen LogP contribution in [-0.4, -0.2) is 25.1 Å². The second kappa shape index (κ2) is 8.36. The molecule has 1 N–H and O–H groups in total. The highest BCUT2D eigenvalue weighted by Crippen LogP contribution is 2.20. The van der Waals surface area contributed by atoms with Crippen molar-refractivity contribution in [3.8, 4) is 5.75 Å². The minimum atomic E-state index is -0.391. The smallest absolute Gasteiger partial charge is 0.338 e. The molecule has 0 aliphatic carbocycles. The largest absolute Gasteiger partial charge is 0.484 e. The SMILES string of the molecule is CCOC(=O)c1ccc(OCC(=O)Nc2cc(Cl)ccc2C)cc1. The van der Waals surface area contributed by atoms with E-state index in [2.05, 4.69) is 5.32 Å². The van der Waals surface area contributed by atoms with Gasteiger partial charge in [0.05, 0.1) is 12.2 Å². The molecule has 0 spiro atoms. The maximum atomic E-state index is 12.0. The van der Waals surface area contributed by atoms with Crippen molar-refractivity contribution < 1.29 is 19.1 Å². The zero-order chi connectivity index (χ0) is 17.5. The molecule has 5 nitrogen and oxygen atoms in total. The second-order valence-corrected chi connectivity index (χ2v) is 5.48. The third-order valence-corrected chi connectivity index (χ3v) is 3.44. The number of hydrogen-bond donors (Lipinski definition) is 1. The van der Waals surface area contributed by atoms with E-state index in [1.54, 1.807) is 43.3 Å². The van der Waals surface area contributed by atoms with Gasteiger partial charge in [-0.2, -0.15) is 0 Å². The first-order chi connectivity index (χ1) is 11.5. The van der Waals surface area contributed by atoms with Gasteiger partial charge in [-0.1, -0.05) is 17.7 Å². The van der Waals surface area contributed by atoms with Gasteiger partial charge in [0.15, 0.2) is 6.61 Å². The Balaban J connectivity index is 1.89. The topological polar surface area (TPSA) is 64.6 Å². The molecule has 0 saturated heterocycles. The van der Waals surface area contributed by atoms with Gasteiger partial charge in [0, 0.05) is 10.7 Å². The summed E-state index contributed by atoms with van der Waals surface area (Å²) in [5, 5.41) is 3.29. The van der Waals surface area contributed by atoms with Gasteiger partial charge >= 0.3 is 5.97 Å². The van der Waals surface area contributed by atoms with E-state index in [9.17, 15) is 9.59 Å². The average Bonchev–Trinajstić information content (AvgIpc) is 2.57. The monoisotopic (exact) mass is 347 g/mol. The lowest BCUT2D eigenvalue weighted by atomic mass is 10.2. The van der Waals surface area contributed by atoms with Gasteiger partial charge < -0.3 is 14.8 Å². The van der Waals surface area contributed by atoms with Crippen molar-refractivity contribution in [3.63, 3.8) is 0 Å². The summed E-state index contributed by atoms with van der Waals surface area (Å²) in [4.78, 5) is 23.5. The van der Waals surface area contributed by atoms with E-state index >= 15 is 0 Å². The zero-order valence-electron chi connectivity index (χ0n) is 13.5. The summed E-state index contributed by atoms with van der Waals surface area (Å²) in [5.74, 6) is -0.200. The highest BCUT2D eigenvalue weighted by molar-refractivity contribution is 6.31. The maximum absolute atomic E-state index is 12.0. The second-order valence-electron chi connectivity index (χ2n) is 5.04. The Morgan fingerprint density at radius 2 is 1.83 bits per heavy atom. The van der Waals surface area contributed by atoms with Crippen molar-refractivity contribution in [1.82, 2.24) is 0 Å². The van der Waals surface area contributed by atoms with Crippen LogP contribution in [-0.2, 0) is 9.53 Å². The first kappa shape index (κ1) is 17.8. The van der Waals surface area contributed by atoms with Crippen molar-refractivity contribution in [2.75, 3.05) is 18.5 Å². The number of ether oxygens (including phenoxy) is 2. The molecule has 0 radical (unpaired) electrons. The summed E-state index contributed by atoms with van der Waals surface area (Å²) in [6.07, 6.45) is 0. The minimum Gasteiger partial charge on any atom is -0.484 e. The summed E-state index contributed by atoms with van der Waals surface area (Å²) in [7, 11) is 0. The molecule has 0 saturated carbocycles. The molecule has 2 rings (SSSR count). The van der Waals surface area contributed by atoms with Crippen LogP contribution in [0.3, 0.4) is 0 Å². The van der Waals surface area contributed by atoms with E-state index in [0.717, 1.165) is 5.56 Å². The van der Waals surface area contributed by atoms with Crippen LogP contribution in [0, 0.1) is 6.92 Å². The molecule has 0 unspecified atom stereocenters. The number of rotatable bonds is 6. The normalized spacial score (nSPS) is 10.1. The fourth-order valence-corrected chi connectivity index (χ4v) is 2.14. The van der Waals surface area contributed by atoms with Crippen molar-refractivity contribution >= 4 is 29.2 Å². The van der Waals surface area contributed by atoms with Gasteiger partial charge in [-0.25, -0.2) is 4.79 Å². The van der Waals surface area contributed by atoms with Crippen LogP contribution in [0.1, 0.15) is 22.8 Å². The number of amides is 1. The van der Waals surface area contributed by atoms with E-state index < -0.39 is 5.97 Å². The number of carbonyl (C=O) groups excluding carboxylic acids is 2. The molecule has 0 bridgehead atoms. The number of carbonyl (C=O) groups is 2. The molecule has 0 heterocycles. The number of halogens is 1. The lowest BCUT2D eigenvalue weighted by Gasteiger charge is -2.10. The lowest BCUT2D eigenvalue weighted by Crippen LogP contribution is -2.20. The summed E-state index contributed by atoms with van der Waals surface area (Å²) in [5.41, 5.74) is 1.99. The number of anilines is 1. The van der Waals surface area contributed by atoms with Crippen molar-refractivity contribution in [3.05, 3.63) is 58.6 Å². The van der Waals surface area contributed by atoms with Gasteiger partial charge in [0.1, 0.15) is 5.75 Å². The molecular formula is C18H18ClNO4.